The molecule has 1 aliphatic rings. The Hall–Kier alpha value is -2.59. The van der Waals surface area contributed by atoms with Gasteiger partial charge in [-0.3, -0.25) is 9.78 Å². The molecule has 2 aromatic carbocycles. The number of anilines is 1. The second-order valence-corrected chi connectivity index (χ2v) is 7.86. The van der Waals surface area contributed by atoms with E-state index in [1.54, 1.807) is 6.20 Å². The third-order valence-electron chi connectivity index (χ3n) is 5.40. The van der Waals surface area contributed by atoms with Crippen molar-refractivity contribution in [2.45, 2.75) is 18.8 Å². The first-order chi connectivity index (χ1) is 13.6. The van der Waals surface area contributed by atoms with Crippen molar-refractivity contribution in [1.82, 2.24) is 9.88 Å². The number of nitrogens with one attached hydrogen (secondary N) is 1. The Morgan fingerprint density at radius 2 is 2.04 bits per heavy atom. The molecule has 2 atom stereocenters. The molecule has 1 N–H and O–H groups in total. The van der Waals surface area contributed by atoms with Crippen molar-refractivity contribution in [3.05, 3.63) is 71.4 Å². The van der Waals surface area contributed by atoms with Gasteiger partial charge in [-0.25, -0.2) is 0 Å². The maximum absolute atomic E-state index is 12.6. The Balaban J connectivity index is 1.26. The fourth-order valence-corrected chi connectivity index (χ4v) is 3.91. The van der Waals surface area contributed by atoms with Gasteiger partial charge >= 0.3 is 0 Å². The Morgan fingerprint density at radius 3 is 2.86 bits per heavy atom. The molecule has 1 amide bonds. The first-order valence-corrected chi connectivity index (χ1v) is 10.1. The van der Waals surface area contributed by atoms with E-state index in [-0.39, 0.29) is 11.8 Å². The van der Waals surface area contributed by atoms with E-state index in [2.05, 4.69) is 22.4 Å². The molecule has 1 saturated carbocycles. The Bertz CT molecular complexity index is 976. The Kier molecular flexibility index (Phi) is 5.49. The second-order valence-electron chi connectivity index (χ2n) is 7.42. The summed E-state index contributed by atoms with van der Waals surface area (Å²) in [6.07, 6.45) is 3.65. The monoisotopic (exact) mass is 393 g/mol. The van der Waals surface area contributed by atoms with E-state index in [0.29, 0.717) is 10.9 Å². The van der Waals surface area contributed by atoms with Crippen molar-refractivity contribution in [1.29, 1.82) is 0 Å². The molecule has 28 heavy (non-hydrogen) atoms. The lowest BCUT2D eigenvalue weighted by Gasteiger charge is -2.18. The summed E-state index contributed by atoms with van der Waals surface area (Å²) in [7, 11) is 1.91. The SMILES string of the molecule is CN(CCCNc1ccnc2cc(Cl)ccc12)C(=O)C1C[C@H]1c1ccccc1. The van der Waals surface area contributed by atoms with Crippen LogP contribution in [-0.4, -0.2) is 35.9 Å². The van der Waals surface area contributed by atoms with Gasteiger partial charge in [-0.05, 0) is 48.6 Å². The van der Waals surface area contributed by atoms with Crippen LogP contribution in [0.15, 0.2) is 60.8 Å². The molecule has 144 valence electrons. The minimum absolute atomic E-state index is 0.147. The van der Waals surface area contributed by atoms with E-state index >= 15 is 0 Å². The molecule has 0 spiro atoms. The topological polar surface area (TPSA) is 45.2 Å². The summed E-state index contributed by atoms with van der Waals surface area (Å²) in [4.78, 5) is 18.9. The fraction of sp³-hybridized carbons (Fsp3) is 0.304. The van der Waals surface area contributed by atoms with E-state index < -0.39 is 0 Å². The smallest absolute Gasteiger partial charge is 0.226 e. The second kappa shape index (κ2) is 8.19. The summed E-state index contributed by atoms with van der Waals surface area (Å²) in [5, 5.41) is 5.20. The minimum Gasteiger partial charge on any atom is -0.384 e. The molecule has 0 bridgehead atoms. The molecule has 4 rings (SSSR count). The largest absolute Gasteiger partial charge is 0.384 e. The van der Waals surface area contributed by atoms with E-state index in [0.717, 1.165) is 42.5 Å². The number of carbonyl (C=O) groups is 1. The van der Waals surface area contributed by atoms with Crippen LogP contribution in [0.5, 0.6) is 0 Å². The first kappa shape index (κ1) is 18.8. The molecule has 5 heteroatoms. The zero-order valence-electron chi connectivity index (χ0n) is 15.9. The maximum atomic E-state index is 12.6. The number of fused-ring (bicyclic) bond motifs is 1. The van der Waals surface area contributed by atoms with Gasteiger partial charge in [0.1, 0.15) is 0 Å². The van der Waals surface area contributed by atoms with Gasteiger partial charge in [0.25, 0.3) is 0 Å². The summed E-state index contributed by atoms with van der Waals surface area (Å²) < 4.78 is 0. The minimum atomic E-state index is 0.147. The number of nitrogens with zero attached hydrogens (tertiary/aromatic N) is 2. The summed E-state index contributed by atoms with van der Waals surface area (Å²) >= 11 is 6.04. The van der Waals surface area contributed by atoms with Crippen LogP contribution < -0.4 is 5.32 Å². The highest BCUT2D eigenvalue weighted by Crippen LogP contribution is 2.48. The van der Waals surface area contributed by atoms with E-state index in [1.807, 2.05) is 54.4 Å². The lowest BCUT2D eigenvalue weighted by molar-refractivity contribution is -0.131. The molecule has 1 unspecified atom stereocenters. The van der Waals surface area contributed by atoms with Crippen LogP contribution >= 0.6 is 11.6 Å². The van der Waals surface area contributed by atoms with Crippen LogP contribution in [0.25, 0.3) is 10.9 Å². The van der Waals surface area contributed by atoms with Crippen molar-refractivity contribution < 1.29 is 4.79 Å². The van der Waals surface area contributed by atoms with Crippen molar-refractivity contribution in [3.8, 4) is 0 Å². The first-order valence-electron chi connectivity index (χ1n) is 9.71. The van der Waals surface area contributed by atoms with Gasteiger partial charge < -0.3 is 10.2 Å². The molecule has 1 heterocycles. The van der Waals surface area contributed by atoms with Gasteiger partial charge in [-0.1, -0.05) is 41.9 Å². The number of pyridine rings is 1. The van der Waals surface area contributed by atoms with E-state index in [1.165, 1.54) is 5.56 Å². The standard InChI is InChI=1S/C23H24ClN3O/c1-27(23(28)20-15-19(20)16-6-3-2-4-7-16)13-5-11-25-21-10-12-26-22-14-17(24)8-9-18(21)22/h2-4,6-10,12,14,19-20H,5,11,13,15H2,1H3,(H,25,26)/t19-,20?/m0/s1. The Morgan fingerprint density at radius 1 is 1.21 bits per heavy atom. The highest BCUT2D eigenvalue weighted by molar-refractivity contribution is 6.31. The molecule has 0 aliphatic heterocycles. The fourth-order valence-electron chi connectivity index (χ4n) is 3.74. The number of carbonyl (C=O) groups excluding carboxylic acids is 1. The molecule has 0 radical (unpaired) electrons. The van der Waals surface area contributed by atoms with Crippen molar-refractivity contribution in [2.24, 2.45) is 5.92 Å². The number of aromatic nitrogens is 1. The molecule has 1 fully saturated rings. The number of hydrogen-bond acceptors (Lipinski definition) is 3. The van der Waals surface area contributed by atoms with Crippen LogP contribution in [-0.2, 0) is 4.79 Å². The molecular weight excluding hydrogens is 370 g/mol. The predicted molar refractivity (Wildman–Crippen MR) is 115 cm³/mol. The summed E-state index contributed by atoms with van der Waals surface area (Å²) in [5.41, 5.74) is 3.20. The zero-order valence-corrected chi connectivity index (χ0v) is 16.7. The van der Waals surface area contributed by atoms with Gasteiger partial charge in [-0.2, -0.15) is 0 Å². The zero-order chi connectivity index (χ0) is 19.5. The summed E-state index contributed by atoms with van der Waals surface area (Å²) in [5.74, 6) is 0.802. The van der Waals surface area contributed by atoms with Gasteiger partial charge in [0.2, 0.25) is 5.91 Å². The molecule has 4 nitrogen and oxygen atoms in total. The van der Waals surface area contributed by atoms with Crippen LogP contribution in [0, 0.1) is 5.92 Å². The van der Waals surface area contributed by atoms with Gasteiger partial charge in [0.05, 0.1) is 5.52 Å². The maximum Gasteiger partial charge on any atom is 0.226 e. The lowest BCUT2D eigenvalue weighted by atomic mass is 10.1. The van der Waals surface area contributed by atoms with Gasteiger partial charge in [-0.15, -0.1) is 0 Å². The third kappa shape index (κ3) is 4.12. The van der Waals surface area contributed by atoms with E-state index in [9.17, 15) is 4.79 Å². The molecular formula is C23H24ClN3O. The molecule has 0 saturated heterocycles. The molecule has 1 aliphatic carbocycles. The number of hydrogen-bond donors (Lipinski definition) is 1. The molecule has 1 aromatic heterocycles. The van der Waals surface area contributed by atoms with Crippen LogP contribution in [0.1, 0.15) is 24.3 Å². The van der Waals surface area contributed by atoms with Crippen LogP contribution in [0.4, 0.5) is 5.69 Å². The molecule has 3 aromatic rings. The van der Waals surface area contributed by atoms with Gasteiger partial charge in [0.15, 0.2) is 0 Å². The van der Waals surface area contributed by atoms with Crippen LogP contribution in [0.2, 0.25) is 5.02 Å². The van der Waals surface area contributed by atoms with Gasteiger partial charge in [0, 0.05) is 48.3 Å². The number of rotatable bonds is 7. The van der Waals surface area contributed by atoms with Crippen molar-refractivity contribution >= 4 is 34.1 Å². The average Bonchev–Trinajstić information content (AvgIpc) is 3.52. The Labute approximate surface area is 170 Å². The van der Waals surface area contributed by atoms with Crippen LogP contribution in [0.3, 0.4) is 0 Å². The lowest BCUT2D eigenvalue weighted by Crippen LogP contribution is -2.30. The quantitative estimate of drug-likeness (QED) is 0.577. The average molecular weight is 394 g/mol. The van der Waals surface area contributed by atoms with Crippen molar-refractivity contribution in [2.75, 3.05) is 25.5 Å². The highest BCUT2D eigenvalue weighted by atomic mass is 35.5. The summed E-state index contributed by atoms with van der Waals surface area (Å²) in [6.45, 7) is 1.55. The summed E-state index contributed by atoms with van der Waals surface area (Å²) in [6, 6.07) is 18.0. The normalized spacial score (nSPS) is 18.1. The number of halogens is 1. The highest BCUT2D eigenvalue weighted by Gasteiger charge is 2.44. The predicted octanol–water partition coefficient (Wildman–Crippen LogP) is 4.95. The van der Waals surface area contributed by atoms with Crippen molar-refractivity contribution in [3.63, 3.8) is 0 Å². The number of benzene rings is 2. The van der Waals surface area contributed by atoms with E-state index in [4.69, 9.17) is 11.6 Å². The third-order valence-corrected chi connectivity index (χ3v) is 5.64. The number of amides is 1.